The number of nitrogens with two attached hydrogens (primary N) is 1. The fourth-order valence-electron chi connectivity index (χ4n) is 1.000. The number of benzene rings is 1. The molecule has 82 valence electrons. The lowest BCUT2D eigenvalue weighted by Crippen LogP contribution is -2.24. The molecule has 3 nitrogen and oxygen atoms in total. The molecule has 0 amide bonds. The van der Waals surface area contributed by atoms with Gasteiger partial charge in [0.25, 0.3) is 0 Å². The van der Waals surface area contributed by atoms with Crippen molar-refractivity contribution in [2.24, 2.45) is 10.7 Å². The number of nitrogens with one attached hydrogen (secondary N) is 1. The number of halogens is 3. The molecule has 1 aromatic rings. The third kappa shape index (κ3) is 3.16. The zero-order chi connectivity index (χ0) is 11.4. The lowest BCUT2D eigenvalue weighted by atomic mass is 10.3. The van der Waals surface area contributed by atoms with E-state index in [9.17, 15) is 8.78 Å². The molecule has 0 unspecified atom stereocenters. The summed E-state index contributed by atoms with van der Waals surface area (Å²) in [5, 5.41) is 2.36. The molecule has 15 heavy (non-hydrogen) atoms. The Morgan fingerprint density at radius 2 is 2.00 bits per heavy atom. The summed E-state index contributed by atoms with van der Waals surface area (Å²) in [5.74, 6) is -1.47. The second kappa shape index (κ2) is 5.06. The van der Waals surface area contributed by atoms with Crippen LogP contribution < -0.4 is 11.1 Å². The lowest BCUT2D eigenvalue weighted by molar-refractivity contribution is 0.589. The maximum Gasteiger partial charge on any atom is 0.193 e. The Labute approximate surface area is 94.5 Å². The van der Waals surface area contributed by atoms with Gasteiger partial charge in [-0.25, -0.2) is 8.78 Å². The van der Waals surface area contributed by atoms with Crippen LogP contribution in [0.25, 0.3) is 0 Å². The minimum absolute atomic E-state index is 0.0161. The van der Waals surface area contributed by atoms with Crippen LogP contribution in [-0.2, 0) is 0 Å². The van der Waals surface area contributed by atoms with Gasteiger partial charge in [0.2, 0.25) is 0 Å². The largest absolute Gasteiger partial charge is 0.370 e. The quantitative estimate of drug-likeness (QED) is 0.645. The van der Waals surface area contributed by atoms with Gasteiger partial charge in [0.15, 0.2) is 17.6 Å². The molecule has 1 aromatic carbocycles. The SMILES string of the molecule is CCN=C(N)Nc1c(F)cc(Br)cc1F. The van der Waals surface area contributed by atoms with E-state index in [1.165, 1.54) is 0 Å². The van der Waals surface area contributed by atoms with Gasteiger partial charge in [0, 0.05) is 11.0 Å². The van der Waals surface area contributed by atoms with Crippen molar-refractivity contribution < 1.29 is 8.78 Å². The predicted octanol–water partition coefficient (Wildman–Crippen LogP) is 2.47. The minimum Gasteiger partial charge on any atom is -0.370 e. The number of rotatable bonds is 2. The van der Waals surface area contributed by atoms with E-state index >= 15 is 0 Å². The minimum atomic E-state index is -0.726. The van der Waals surface area contributed by atoms with Gasteiger partial charge in [-0.3, -0.25) is 4.99 Å². The van der Waals surface area contributed by atoms with Gasteiger partial charge in [-0.05, 0) is 19.1 Å². The first-order chi connectivity index (χ1) is 7.04. The summed E-state index contributed by atoms with van der Waals surface area (Å²) in [4.78, 5) is 3.76. The van der Waals surface area contributed by atoms with Gasteiger partial charge in [-0.1, -0.05) is 15.9 Å². The van der Waals surface area contributed by atoms with E-state index in [0.717, 1.165) is 12.1 Å². The second-order valence-corrected chi connectivity index (χ2v) is 3.64. The van der Waals surface area contributed by atoms with Crippen molar-refractivity contribution in [2.45, 2.75) is 6.92 Å². The molecule has 3 N–H and O–H groups in total. The molecule has 0 fully saturated rings. The van der Waals surface area contributed by atoms with E-state index < -0.39 is 11.6 Å². The molecular weight excluding hydrogens is 268 g/mol. The number of aliphatic imine (C=N–C) groups is 1. The van der Waals surface area contributed by atoms with Crippen molar-refractivity contribution in [3.05, 3.63) is 28.2 Å². The van der Waals surface area contributed by atoms with Gasteiger partial charge in [-0.15, -0.1) is 0 Å². The van der Waals surface area contributed by atoms with Gasteiger partial charge < -0.3 is 11.1 Å². The Morgan fingerprint density at radius 3 is 2.47 bits per heavy atom. The number of hydrogen-bond acceptors (Lipinski definition) is 1. The molecule has 1 rings (SSSR count). The third-order valence-corrected chi connectivity index (χ3v) is 2.05. The molecule has 0 aromatic heterocycles. The van der Waals surface area contributed by atoms with Crippen molar-refractivity contribution in [1.29, 1.82) is 0 Å². The van der Waals surface area contributed by atoms with Crippen LogP contribution in [0, 0.1) is 11.6 Å². The Balaban J connectivity index is 3.00. The highest BCUT2D eigenvalue weighted by atomic mass is 79.9. The average Bonchev–Trinajstić information content (AvgIpc) is 2.11. The molecule has 0 atom stereocenters. The monoisotopic (exact) mass is 277 g/mol. The number of guanidine groups is 1. The smallest absolute Gasteiger partial charge is 0.193 e. The number of anilines is 1. The van der Waals surface area contributed by atoms with E-state index in [0.29, 0.717) is 11.0 Å². The summed E-state index contributed by atoms with van der Waals surface area (Å²) in [6, 6.07) is 2.29. The summed E-state index contributed by atoms with van der Waals surface area (Å²) in [6.45, 7) is 2.21. The topological polar surface area (TPSA) is 50.4 Å². The summed E-state index contributed by atoms with van der Waals surface area (Å²) in [7, 11) is 0. The summed E-state index contributed by atoms with van der Waals surface area (Å²) in [6.07, 6.45) is 0. The molecule has 6 heteroatoms. The number of hydrogen-bond donors (Lipinski definition) is 2. The van der Waals surface area contributed by atoms with Gasteiger partial charge in [0.1, 0.15) is 5.69 Å². The maximum absolute atomic E-state index is 13.3. The zero-order valence-electron chi connectivity index (χ0n) is 8.02. The van der Waals surface area contributed by atoms with Crippen LogP contribution in [0.15, 0.2) is 21.6 Å². The molecule has 0 aliphatic carbocycles. The van der Waals surface area contributed by atoms with Crippen molar-refractivity contribution in [3.8, 4) is 0 Å². The van der Waals surface area contributed by atoms with Gasteiger partial charge >= 0.3 is 0 Å². The number of nitrogens with zero attached hydrogens (tertiary/aromatic N) is 1. The van der Waals surface area contributed by atoms with E-state index in [-0.39, 0.29) is 11.6 Å². The fraction of sp³-hybridized carbons (Fsp3) is 0.222. The molecule has 0 aliphatic rings. The Hall–Kier alpha value is -1.17. The molecule has 0 aliphatic heterocycles. The van der Waals surface area contributed by atoms with E-state index in [4.69, 9.17) is 5.73 Å². The van der Waals surface area contributed by atoms with Crippen molar-refractivity contribution in [2.75, 3.05) is 11.9 Å². The van der Waals surface area contributed by atoms with E-state index in [1.807, 2.05) is 0 Å². The molecule has 0 heterocycles. The summed E-state index contributed by atoms with van der Waals surface area (Å²) < 4.78 is 26.9. The van der Waals surface area contributed by atoms with Crippen molar-refractivity contribution >= 4 is 27.6 Å². The van der Waals surface area contributed by atoms with Crippen LogP contribution in [0.1, 0.15) is 6.92 Å². The van der Waals surface area contributed by atoms with Gasteiger partial charge in [-0.2, -0.15) is 0 Å². The highest BCUT2D eigenvalue weighted by molar-refractivity contribution is 9.10. The Bertz CT molecular complexity index is 370. The second-order valence-electron chi connectivity index (χ2n) is 2.73. The average molecular weight is 278 g/mol. The standard InChI is InChI=1S/C9H10BrF2N3/c1-2-14-9(13)15-8-6(11)3-5(10)4-7(8)12/h3-4H,2H2,1H3,(H3,13,14,15). The predicted molar refractivity (Wildman–Crippen MR) is 59.8 cm³/mol. The van der Waals surface area contributed by atoms with E-state index in [2.05, 4.69) is 26.2 Å². The summed E-state index contributed by atoms with van der Waals surface area (Å²) >= 11 is 2.97. The van der Waals surface area contributed by atoms with Crippen molar-refractivity contribution in [1.82, 2.24) is 0 Å². The van der Waals surface area contributed by atoms with Crippen LogP contribution in [0.4, 0.5) is 14.5 Å². The van der Waals surface area contributed by atoms with Gasteiger partial charge in [0.05, 0.1) is 0 Å². The van der Waals surface area contributed by atoms with Crippen LogP contribution >= 0.6 is 15.9 Å². The van der Waals surface area contributed by atoms with Crippen LogP contribution in [-0.4, -0.2) is 12.5 Å². The molecule has 0 saturated carbocycles. The van der Waals surface area contributed by atoms with Crippen LogP contribution in [0.3, 0.4) is 0 Å². The first-order valence-corrected chi connectivity index (χ1v) is 5.05. The first kappa shape index (κ1) is 11.9. The van der Waals surface area contributed by atoms with E-state index in [1.54, 1.807) is 6.92 Å². The molecule has 0 bridgehead atoms. The Kier molecular flexibility index (Phi) is 4.02. The molecular formula is C9H10BrF2N3. The highest BCUT2D eigenvalue weighted by Crippen LogP contribution is 2.23. The molecule has 0 spiro atoms. The highest BCUT2D eigenvalue weighted by Gasteiger charge is 2.10. The lowest BCUT2D eigenvalue weighted by Gasteiger charge is -2.08. The van der Waals surface area contributed by atoms with Crippen LogP contribution in [0.2, 0.25) is 0 Å². The Morgan fingerprint density at radius 1 is 1.47 bits per heavy atom. The third-order valence-electron chi connectivity index (χ3n) is 1.59. The molecule has 0 saturated heterocycles. The molecule has 0 radical (unpaired) electrons. The fourth-order valence-corrected chi connectivity index (χ4v) is 1.40. The zero-order valence-corrected chi connectivity index (χ0v) is 9.61. The normalized spacial score (nSPS) is 11.6. The first-order valence-electron chi connectivity index (χ1n) is 4.26. The van der Waals surface area contributed by atoms with Crippen molar-refractivity contribution in [3.63, 3.8) is 0 Å². The summed E-state index contributed by atoms with van der Waals surface area (Å²) in [5.41, 5.74) is 5.09. The van der Waals surface area contributed by atoms with Crippen LogP contribution in [0.5, 0.6) is 0 Å². The maximum atomic E-state index is 13.3.